The summed E-state index contributed by atoms with van der Waals surface area (Å²) in [6.45, 7) is 9.45. The molecule has 1 aliphatic rings. The van der Waals surface area contributed by atoms with E-state index in [2.05, 4.69) is 22.5 Å². The van der Waals surface area contributed by atoms with Crippen LogP contribution in [0.1, 0.15) is 40.0 Å². The van der Waals surface area contributed by atoms with E-state index in [1.54, 1.807) is 7.11 Å². The van der Waals surface area contributed by atoms with E-state index in [9.17, 15) is 4.79 Å². The van der Waals surface area contributed by atoms with Crippen LogP contribution in [0.4, 0.5) is 4.79 Å². The Morgan fingerprint density at radius 3 is 2.53 bits per heavy atom. The summed E-state index contributed by atoms with van der Waals surface area (Å²) in [6.07, 6.45) is 3.31. The second kappa shape index (κ2) is 8.38. The molecule has 112 valence electrons. The highest BCUT2D eigenvalue weighted by atomic mass is 16.5. The van der Waals surface area contributed by atoms with Crippen molar-refractivity contribution in [3.8, 4) is 0 Å². The smallest absolute Gasteiger partial charge is 0.315 e. The first-order valence-electron chi connectivity index (χ1n) is 7.39. The lowest BCUT2D eigenvalue weighted by atomic mass is 10.1. The fraction of sp³-hybridized carbons (Fsp3) is 0.929. The number of methoxy groups -OCH3 is 1. The first-order chi connectivity index (χ1) is 9.06. The maximum absolute atomic E-state index is 11.9. The Hall–Kier alpha value is -0.810. The molecule has 0 aromatic rings. The van der Waals surface area contributed by atoms with Crippen molar-refractivity contribution in [2.45, 2.75) is 58.2 Å². The number of carbonyl (C=O) groups is 1. The lowest BCUT2D eigenvalue weighted by Gasteiger charge is -2.32. The van der Waals surface area contributed by atoms with Crippen LogP contribution in [-0.4, -0.2) is 55.9 Å². The number of hydrogen-bond donors (Lipinski definition) is 2. The number of urea groups is 1. The van der Waals surface area contributed by atoms with Gasteiger partial charge in [-0.1, -0.05) is 6.92 Å². The molecule has 19 heavy (non-hydrogen) atoms. The minimum absolute atomic E-state index is 0.0187. The lowest BCUT2D eigenvalue weighted by molar-refractivity contribution is 0.0906. The first kappa shape index (κ1) is 16.2. The van der Waals surface area contributed by atoms with Crippen molar-refractivity contribution in [3.63, 3.8) is 0 Å². The summed E-state index contributed by atoms with van der Waals surface area (Å²) in [6, 6.07) is 0.244. The number of carbonyl (C=O) groups excluding carboxylic acids is 1. The van der Waals surface area contributed by atoms with Crippen molar-refractivity contribution >= 4 is 6.03 Å². The van der Waals surface area contributed by atoms with Crippen LogP contribution in [0, 0.1) is 0 Å². The molecule has 1 saturated heterocycles. The fourth-order valence-corrected chi connectivity index (χ4v) is 2.37. The number of amides is 2. The lowest BCUT2D eigenvalue weighted by Crippen LogP contribution is -2.51. The van der Waals surface area contributed by atoms with Gasteiger partial charge in [0.1, 0.15) is 0 Å². The third-order valence-electron chi connectivity index (χ3n) is 3.90. The third-order valence-corrected chi connectivity index (χ3v) is 3.90. The van der Waals surface area contributed by atoms with E-state index in [1.807, 2.05) is 13.8 Å². The molecule has 2 N–H and O–H groups in total. The van der Waals surface area contributed by atoms with E-state index in [4.69, 9.17) is 4.74 Å². The van der Waals surface area contributed by atoms with Gasteiger partial charge in [0.2, 0.25) is 0 Å². The van der Waals surface area contributed by atoms with E-state index in [0.717, 1.165) is 25.9 Å². The highest BCUT2D eigenvalue weighted by Gasteiger charge is 2.21. The normalized spacial score (nSPS) is 20.8. The van der Waals surface area contributed by atoms with E-state index < -0.39 is 0 Å². The van der Waals surface area contributed by atoms with Crippen LogP contribution in [0.25, 0.3) is 0 Å². The van der Waals surface area contributed by atoms with E-state index in [1.165, 1.54) is 13.0 Å². The maximum Gasteiger partial charge on any atom is 0.315 e. The van der Waals surface area contributed by atoms with Crippen LogP contribution in [0.2, 0.25) is 0 Å². The molecule has 0 spiro atoms. The highest BCUT2D eigenvalue weighted by molar-refractivity contribution is 5.74. The molecule has 1 aliphatic heterocycles. The van der Waals surface area contributed by atoms with Crippen LogP contribution >= 0.6 is 0 Å². The fourth-order valence-electron chi connectivity index (χ4n) is 2.37. The molecule has 0 aromatic heterocycles. The quantitative estimate of drug-likeness (QED) is 0.771. The van der Waals surface area contributed by atoms with Crippen molar-refractivity contribution in [3.05, 3.63) is 0 Å². The van der Waals surface area contributed by atoms with Gasteiger partial charge in [0.05, 0.1) is 12.1 Å². The van der Waals surface area contributed by atoms with Gasteiger partial charge in [0.25, 0.3) is 0 Å². The molecule has 0 saturated carbocycles. The molecule has 1 unspecified atom stereocenters. The molecule has 5 heteroatoms. The predicted molar refractivity (Wildman–Crippen MR) is 77.4 cm³/mol. The summed E-state index contributed by atoms with van der Waals surface area (Å²) in [7, 11) is 1.66. The SMILES string of the molecule is CCCN1CCC(NC(=O)N[C@@H](C)C(C)OC)CC1. The molecule has 2 amide bonds. The minimum atomic E-state index is -0.0784. The Bertz CT molecular complexity index is 265. The van der Waals surface area contributed by atoms with Gasteiger partial charge < -0.3 is 20.3 Å². The van der Waals surface area contributed by atoms with Crippen LogP contribution in [0.5, 0.6) is 0 Å². The molecule has 2 atom stereocenters. The summed E-state index contributed by atoms with van der Waals surface area (Å²) >= 11 is 0. The number of likely N-dealkylation sites (tertiary alicyclic amines) is 1. The van der Waals surface area contributed by atoms with Crippen LogP contribution in [0.15, 0.2) is 0 Å². The zero-order valence-corrected chi connectivity index (χ0v) is 12.7. The van der Waals surface area contributed by atoms with Crippen molar-refractivity contribution in [2.24, 2.45) is 0 Å². The van der Waals surface area contributed by atoms with Gasteiger partial charge in [-0.15, -0.1) is 0 Å². The minimum Gasteiger partial charge on any atom is -0.380 e. The zero-order chi connectivity index (χ0) is 14.3. The molecule has 1 fully saturated rings. The van der Waals surface area contributed by atoms with Crippen molar-refractivity contribution in [1.29, 1.82) is 0 Å². The van der Waals surface area contributed by atoms with Gasteiger partial charge in [0.15, 0.2) is 0 Å². The van der Waals surface area contributed by atoms with E-state index >= 15 is 0 Å². The standard InChI is InChI=1S/C14H29N3O2/c1-5-8-17-9-6-13(7-10-17)16-14(18)15-11(2)12(3)19-4/h11-13H,5-10H2,1-4H3,(H2,15,16,18)/t11-,12?/m0/s1. The second-order valence-corrected chi connectivity index (χ2v) is 5.46. The molecule has 0 aromatic carbocycles. The second-order valence-electron chi connectivity index (χ2n) is 5.46. The summed E-state index contributed by atoms with van der Waals surface area (Å²) in [5.41, 5.74) is 0. The molecule has 1 rings (SSSR count). The van der Waals surface area contributed by atoms with Gasteiger partial charge in [-0.3, -0.25) is 0 Å². The molecular weight excluding hydrogens is 242 g/mol. The highest BCUT2D eigenvalue weighted by Crippen LogP contribution is 2.10. The number of rotatable bonds is 6. The summed E-state index contributed by atoms with van der Waals surface area (Å²) in [4.78, 5) is 14.3. The molecule has 5 nitrogen and oxygen atoms in total. The Morgan fingerprint density at radius 2 is 2.00 bits per heavy atom. The third kappa shape index (κ3) is 5.78. The molecule has 1 heterocycles. The topological polar surface area (TPSA) is 53.6 Å². The summed E-state index contributed by atoms with van der Waals surface area (Å²) in [5, 5.41) is 5.98. The monoisotopic (exact) mass is 271 g/mol. The van der Waals surface area contributed by atoms with Gasteiger partial charge >= 0.3 is 6.03 Å². The Kier molecular flexibility index (Phi) is 7.16. The largest absolute Gasteiger partial charge is 0.380 e. The average Bonchev–Trinajstić information content (AvgIpc) is 2.40. The summed E-state index contributed by atoms with van der Waals surface area (Å²) in [5.74, 6) is 0. The van der Waals surface area contributed by atoms with E-state index in [0.29, 0.717) is 6.04 Å². The Morgan fingerprint density at radius 1 is 1.37 bits per heavy atom. The molecule has 0 aliphatic carbocycles. The van der Waals surface area contributed by atoms with Gasteiger partial charge in [0, 0.05) is 26.2 Å². The molecule has 0 radical (unpaired) electrons. The van der Waals surface area contributed by atoms with Crippen molar-refractivity contribution in [1.82, 2.24) is 15.5 Å². The van der Waals surface area contributed by atoms with Gasteiger partial charge in [-0.25, -0.2) is 4.79 Å². The first-order valence-corrected chi connectivity index (χ1v) is 7.39. The van der Waals surface area contributed by atoms with E-state index in [-0.39, 0.29) is 18.2 Å². The number of nitrogens with zero attached hydrogens (tertiary/aromatic N) is 1. The van der Waals surface area contributed by atoms with Crippen molar-refractivity contribution in [2.75, 3.05) is 26.7 Å². The van der Waals surface area contributed by atoms with Crippen LogP contribution < -0.4 is 10.6 Å². The van der Waals surface area contributed by atoms with Gasteiger partial charge in [-0.2, -0.15) is 0 Å². The maximum atomic E-state index is 11.9. The van der Waals surface area contributed by atoms with Crippen LogP contribution in [0.3, 0.4) is 0 Å². The molecule has 0 bridgehead atoms. The number of hydrogen-bond acceptors (Lipinski definition) is 3. The zero-order valence-electron chi connectivity index (χ0n) is 12.7. The number of piperidine rings is 1. The van der Waals surface area contributed by atoms with Crippen molar-refractivity contribution < 1.29 is 9.53 Å². The Balaban J connectivity index is 2.23. The number of nitrogens with one attached hydrogen (secondary N) is 2. The summed E-state index contributed by atoms with van der Waals surface area (Å²) < 4.78 is 5.19. The molecular formula is C14H29N3O2. The Labute approximate surface area is 117 Å². The van der Waals surface area contributed by atoms with Crippen LogP contribution in [-0.2, 0) is 4.74 Å². The van der Waals surface area contributed by atoms with Gasteiger partial charge in [-0.05, 0) is 39.7 Å². The average molecular weight is 271 g/mol. The number of ether oxygens (including phenoxy) is 1. The predicted octanol–water partition coefficient (Wildman–Crippen LogP) is 1.58.